The molecule has 0 bridgehead atoms. The van der Waals surface area contributed by atoms with Gasteiger partial charge in [0.25, 0.3) is 0 Å². The summed E-state index contributed by atoms with van der Waals surface area (Å²) in [5.41, 5.74) is 1.48. The number of nitrogens with one attached hydrogen (secondary N) is 2. The minimum atomic E-state index is 0.228. The normalized spacial score (nSPS) is 19.8. The van der Waals surface area contributed by atoms with Gasteiger partial charge in [0, 0.05) is 37.5 Å². The topological polar surface area (TPSA) is 44.4 Å². The van der Waals surface area contributed by atoms with Crippen LogP contribution in [0.2, 0.25) is 0 Å². The molecule has 0 aromatic carbocycles. The standard InChI is InChI=1S/C17H27N3OS/c21-17(2-1-14-3-7-18-8-4-14)19-9-11-20-10-5-16-15(13-20)6-12-22-16/h6,12,14,18H,1-5,7-11,13H2,(H,19,21). The summed E-state index contributed by atoms with van der Waals surface area (Å²) in [5.74, 6) is 0.970. The lowest BCUT2D eigenvalue weighted by Gasteiger charge is -2.26. The lowest BCUT2D eigenvalue weighted by Crippen LogP contribution is -2.37. The van der Waals surface area contributed by atoms with Gasteiger partial charge in [-0.2, -0.15) is 0 Å². The van der Waals surface area contributed by atoms with Gasteiger partial charge in [0.05, 0.1) is 0 Å². The molecule has 0 atom stereocenters. The zero-order chi connectivity index (χ0) is 15.2. The average molecular weight is 321 g/mol. The van der Waals surface area contributed by atoms with E-state index in [2.05, 4.69) is 27.0 Å². The van der Waals surface area contributed by atoms with Crippen LogP contribution in [0, 0.1) is 5.92 Å². The van der Waals surface area contributed by atoms with Crippen molar-refractivity contribution in [2.45, 2.75) is 38.6 Å². The van der Waals surface area contributed by atoms with Crippen molar-refractivity contribution in [1.82, 2.24) is 15.5 Å². The molecule has 2 N–H and O–H groups in total. The molecule has 0 aliphatic carbocycles. The van der Waals surface area contributed by atoms with E-state index in [0.717, 1.165) is 58.0 Å². The number of rotatable bonds is 6. The summed E-state index contributed by atoms with van der Waals surface area (Å²) < 4.78 is 0. The van der Waals surface area contributed by atoms with E-state index < -0.39 is 0 Å². The number of thiophene rings is 1. The Morgan fingerprint density at radius 1 is 1.41 bits per heavy atom. The van der Waals surface area contributed by atoms with E-state index in [9.17, 15) is 4.79 Å². The third kappa shape index (κ3) is 4.54. The highest BCUT2D eigenvalue weighted by Gasteiger charge is 2.17. The zero-order valence-electron chi connectivity index (χ0n) is 13.3. The smallest absolute Gasteiger partial charge is 0.220 e. The van der Waals surface area contributed by atoms with Crippen molar-refractivity contribution in [2.24, 2.45) is 5.92 Å². The van der Waals surface area contributed by atoms with Crippen molar-refractivity contribution < 1.29 is 4.79 Å². The summed E-state index contributed by atoms with van der Waals surface area (Å²) in [7, 11) is 0. The van der Waals surface area contributed by atoms with Gasteiger partial charge in [0.2, 0.25) is 5.91 Å². The number of piperidine rings is 1. The molecule has 1 saturated heterocycles. The Morgan fingerprint density at radius 2 is 2.27 bits per heavy atom. The van der Waals surface area contributed by atoms with Crippen molar-refractivity contribution in [3.63, 3.8) is 0 Å². The number of fused-ring (bicyclic) bond motifs is 1. The Kier molecular flexibility index (Phi) is 5.87. The Labute approximate surface area is 137 Å². The lowest BCUT2D eigenvalue weighted by atomic mass is 9.93. The molecular formula is C17H27N3OS. The van der Waals surface area contributed by atoms with Crippen molar-refractivity contribution in [1.29, 1.82) is 0 Å². The molecule has 2 aliphatic rings. The first kappa shape index (κ1) is 16.0. The molecule has 22 heavy (non-hydrogen) atoms. The first-order valence-corrected chi connectivity index (χ1v) is 9.44. The van der Waals surface area contributed by atoms with Crippen LogP contribution in [0.25, 0.3) is 0 Å². The van der Waals surface area contributed by atoms with Crippen LogP contribution in [0.5, 0.6) is 0 Å². The lowest BCUT2D eigenvalue weighted by molar-refractivity contribution is -0.121. The largest absolute Gasteiger partial charge is 0.355 e. The summed E-state index contributed by atoms with van der Waals surface area (Å²) >= 11 is 1.88. The van der Waals surface area contributed by atoms with E-state index in [1.165, 1.54) is 18.4 Å². The van der Waals surface area contributed by atoms with Crippen LogP contribution in [0.4, 0.5) is 0 Å². The molecule has 0 saturated carbocycles. The molecule has 1 amide bonds. The number of nitrogens with zero attached hydrogens (tertiary/aromatic N) is 1. The number of carbonyl (C=O) groups is 1. The van der Waals surface area contributed by atoms with Crippen LogP contribution in [0.15, 0.2) is 11.4 Å². The minimum Gasteiger partial charge on any atom is -0.355 e. The Morgan fingerprint density at radius 3 is 3.14 bits per heavy atom. The maximum absolute atomic E-state index is 11.9. The predicted molar refractivity (Wildman–Crippen MR) is 91.1 cm³/mol. The van der Waals surface area contributed by atoms with Crippen LogP contribution in [-0.2, 0) is 17.8 Å². The van der Waals surface area contributed by atoms with Crippen molar-refractivity contribution in [2.75, 3.05) is 32.7 Å². The SMILES string of the molecule is O=C(CCC1CCNCC1)NCCN1CCc2sccc2C1. The molecular weight excluding hydrogens is 294 g/mol. The Balaban J connectivity index is 1.29. The fraction of sp³-hybridized carbons (Fsp3) is 0.706. The summed E-state index contributed by atoms with van der Waals surface area (Å²) in [4.78, 5) is 15.9. The van der Waals surface area contributed by atoms with Gasteiger partial charge >= 0.3 is 0 Å². The predicted octanol–water partition coefficient (Wildman–Crippen LogP) is 2.00. The van der Waals surface area contributed by atoms with Crippen LogP contribution < -0.4 is 10.6 Å². The number of amides is 1. The number of hydrogen-bond acceptors (Lipinski definition) is 4. The molecule has 1 aromatic heterocycles. The van der Waals surface area contributed by atoms with Crippen LogP contribution >= 0.6 is 11.3 Å². The quantitative estimate of drug-likeness (QED) is 0.842. The molecule has 3 heterocycles. The highest BCUT2D eigenvalue weighted by molar-refractivity contribution is 7.10. The van der Waals surface area contributed by atoms with Gasteiger partial charge in [-0.15, -0.1) is 11.3 Å². The van der Waals surface area contributed by atoms with Gasteiger partial charge in [0.1, 0.15) is 0 Å². The summed E-state index contributed by atoms with van der Waals surface area (Å²) in [6, 6.07) is 2.24. The van der Waals surface area contributed by atoms with Crippen LogP contribution in [0.3, 0.4) is 0 Å². The average Bonchev–Trinajstić information content (AvgIpc) is 3.02. The maximum Gasteiger partial charge on any atom is 0.220 e. The zero-order valence-corrected chi connectivity index (χ0v) is 14.1. The van der Waals surface area contributed by atoms with Crippen LogP contribution in [-0.4, -0.2) is 43.5 Å². The number of hydrogen-bond donors (Lipinski definition) is 2. The van der Waals surface area contributed by atoms with E-state index in [4.69, 9.17) is 0 Å². The van der Waals surface area contributed by atoms with E-state index in [0.29, 0.717) is 6.42 Å². The first-order chi connectivity index (χ1) is 10.8. The molecule has 5 heteroatoms. The van der Waals surface area contributed by atoms with Gasteiger partial charge in [-0.25, -0.2) is 0 Å². The van der Waals surface area contributed by atoms with Gasteiger partial charge in [-0.05, 0) is 61.7 Å². The van der Waals surface area contributed by atoms with Gasteiger partial charge in [-0.1, -0.05) is 0 Å². The molecule has 0 radical (unpaired) electrons. The molecule has 0 unspecified atom stereocenters. The minimum absolute atomic E-state index is 0.228. The number of carbonyl (C=O) groups excluding carboxylic acids is 1. The second-order valence-corrected chi connectivity index (χ2v) is 7.48. The van der Waals surface area contributed by atoms with E-state index >= 15 is 0 Å². The highest BCUT2D eigenvalue weighted by Crippen LogP contribution is 2.23. The third-order valence-corrected chi connectivity index (χ3v) is 5.90. The second-order valence-electron chi connectivity index (χ2n) is 6.48. The summed E-state index contributed by atoms with van der Waals surface area (Å²) in [6.07, 6.45) is 5.36. The Bertz CT molecular complexity index is 482. The van der Waals surface area contributed by atoms with Crippen molar-refractivity contribution in [3.8, 4) is 0 Å². The molecule has 0 spiro atoms. The Hall–Kier alpha value is -0.910. The van der Waals surface area contributed by atoms with Crippen LogP contribution in [0.1, 0.15) is 36.1 Å². The summed E-state index contributed by atoms with van der Waals surface area (Å²) in [5, 5.41) is 8.66. The molecule has 1 fully saturated rings. The van der Waals surface area contributed by atoms with Gasteiger partial charge in [-0.3, -0.25) is 9.69 Å². The maximum atomic E-state index is 11.9. The van der Waals surface area contributed by atoms with E-state index in [1.807, 2.05) is 11.3 Å². The van der Waals surface area contributed by atoms with E-state index in [-0.39, 0.29) is 5.91 Å². The second kappa shape index (κ2) is 8.09. The van der Waals surface area contributed by atoms with E-state index in [1.54, 1.807) is 4.88 Å². The fourth-order valence-electron chi connectivity index (χ4n) is 3.45. The summed E-state index contributed by atoms with van der Waals surface area (Å²) in [6.45, 7) is 6.15. The molecule has 3 rings (SSSR count). The molecule has 122 valence electrons. The van der Waals surface area contributed by atoms with Gasteiger partial charge in [0.15, 0.2) is 0 Å². The molecule has 2 aliphatic heterocycles. The highest BCUT2D eigenvalue weighted by atomic mass is 32.1. The van der Waals surface area contributed by atoms with Crippen molar-refractivity contribution in [3.05, 3.63) is 21.9 Å². The molecule has 1 aromatic rings. The monoisotopic (exact) mass is 321 g/mol. The first-order valence-electron chi connectivity index (χ1n) is 8.56. The molecule has 4 nitrogen and oxygen atoms in total. The fourth-order valence-corrected chi connectivity index (χ4v) is 4.33. The third-order valence-electron chi connectivity index (χ3n) is 4.88. The van der Waals surface area contributed by atoms with Gasteiger partial charge < -0.3 is 10.6 Å². The van der Waals surface area contributed by atoms with Crippen molar-refractivity contribution >= 4 is 17.2 Å².